The van der Waals surface area contributed by atoms with Crippen LogP contribution in [0.15, 0.2) is 47.8 Å². The number of hydrogen-bond acceptors (Lipinski definition) is 12. The van der Waals surface area contributed by atoms with Crippen molar-refractivity contribution in [3.8, 4) is 0 Å². The van der Waals surface area contributed by atoms with Gasteiger partial charge in [-0.05, 0) is 75.8 Å². The second kappa shape index (κ2) is 12.7. The Hall–Kier alpha value is -2.80. The Morgan fingerprint density at radius 3 is 1.79 bits per heavy atom. The van der Waals surface area contributed by atoms with E-state index < -0.39 is 0 Å². The average molecular weight is 607 g/mol. The second-order valence-corrected chi connectivity index (χ2v) is 14.4. The highest BCUT2D eigenvalue weighted by atomic mass is 32.1. The Bertz CT molecular complexity index is 1190. The Morgan fingerprint density at radius 2 is 1.26 bits per heavy atom. The fourth-order valence-corrected chi connectivity index (χ4v) is 8.66. The van der Waals surface area contributed by atoms with Gasteiger partial charge in [0.05, 0.1) is 24.3 Å². The van der Waals surface area contributed by atoms with Gasteiger partial charge in [-0.25, -0.2) is 9.97 Å². The number of anilines is 3. The van der Waals surface area contributed by atoms with Gasteiger partial charge in [-0.1, -0.05) is 5.16 Å². The molecule has 3 atom stereocenters. The fourth-order valence-electron chi connectivity index (χ4n) is 8.03. The molecule has 6 saturated heterocycles. The van der Waals surface area contributed by atoms with Gasteiger partial charge in [0.1, 0.15) is 11.3 Å². The highest BCUT2D eigenvalue weighted by Crippen LogP contribution is 2.40. The third-order valence-electron chi connectivity index (χ3n) is 10.7. The van der Waals surface area contributed by atoms with Gasteiger partial charge in [0.15, 0.2) is 0 Å². The van der Waals surface area contributed by atoms with Gasteiger partial charge in [-0.3, -0.25) is 0 Å². The van der Waals surface area contributed by atoms with Gasteiger partial charge in [-0.2, -0.15) is 4.37 Å². The van der Waals surface area contributed by atoms with Crippen LogP contribution in [-0.2, 0) is 0 Å². The normalized spacial score (nSPS) is 31.3. The molecule has 0 radical (unpaired) electrons. The lowest BCUT2D eigenvalue weighted by Crippen LogP contribution is -2.29. The van der Waals surface area contributed by atoms with Crippen molar-refractivity contribution in [3.05, 3.63) is 43.2 Å². The van der Waals surface area contributed by atoms with E-state index in [1.165, 1.54) is 95.0 Å². The van der Waals surface area contributed by atoms with Gasteiger partial charge in [0, 0.05) is 87.4 Å². The molecule has 43 heavy (non-hydrogen) atoms. The summed E-state index contributed by atoms with van der Waals surface area (Å²) in [6.07, 6.45) is 16.9. The molecule has 3 spiro atoms. The van der Waals surface area contributed by atoms with Gasteiger partial charge < -0.3 is 35.2 Å². The highest BCUT2D eigenvalue weighted by molar-refractivity contribution is 7.10. The van der Waals surface area contributed by atoms with Crippen molar-refractivity contribution in [1.29, 1.82) is 0 Å². The molecule has 3 aromatic heterocycles. The maximum absolute atomic E-state index is 5.18. The third-order valence-corrected chi connectivity index (χ3v) is 11.5. The van der Waals surface area contributed by atoms with E-state index >= 15 is 0 Å². The largest absolute Gasteiger partial charge is 0.368 e. The molecule has 0 aliphatic carbocycles. The van der Waals surface area contributed by atoms with Crippen LogP contribution in [0, 0.1) is 16.2 Å². The second-order valence-electron chi connectivity index (χ2n) is 13.6. The van der Waals surface area contributed by atoms with E-state index in [4.69, 9.17) is 4.52 Å². The lowest BCUT2D eigenvalue weighted by molar-refractivity contribution is 0.363. The monoisotopic (exact) mass is 606 g/mol. The topological polar surface area (TPSA) is 111 Å². The van der Waals surface area contributed by atoms with Gasteiger partial charge in [-0.15, -0.1) is 0 Å². The first kappa shape index (κ1) is 28.9. The first-order valence-corrected chi connectivity index (χ1v) is 16.8. The number of nitrogens with zero attached hydrogens (tertiary/aromatic N) is 7. The molecule has 0 bridgehead atoms. The van der Waals surface area contributed by atoms with Crippen LogP contribution in [0.1, 0.15) is 38.5 Å². The fraction of sp³-hybridized carbons (Fsp3) is 0.677. The van der Waals surface area contributed by atoms with Crippen molar-refractivity contribution in [2.24, 2.45) is 16.2 Å². The predicted octanol–water partition coefficient (Wildman–Crippen LogP) is 2.86. The zero-order chi connectivity index (χ0) is 29.0. The molecule has 12 heteroatoms. The molecule has 11 nitrogen and oxygen atoms in total. The van der Waals surface area contributed by atoms with Crippen LogP contribution in [0.25, 0.3) is 0 Å². The Morgan fingerprint density at radius 1 is 0.674 bits per heavy atom. The van der Waals surface area contributed by atoms with E-state index in [1.54, 1.807) is 24.1 Å². The average Bonchev–Trinajstić information content (AvgIpc) is 3.91. The number of aromatic nitrogens is 4. The summed E-state index contributed by atoms with van der Waals surface area (Å²) in [5.41, 5.74) is 2.77. The van der Waals surface area contributed by atoms with Crippen LogP contribution in [0.5, 0.6) is 0 Å². The summed E-state index contributed by atoms with van der Waals surface area (Å²) in [5, 5.41) is 15.5. The summed E-state index contributed by atoms with van der Waals surface area (Å²) >= 11 is 1.62. The molecule has 3 aromatic rings. The summed E-state index contributed by atoms with van der Waals surface area (Å²) in [5.74, 6) is 0.925. The van der Waals surface area contributed by atoms with Crippen LogP contribution in [0.3, 0.4) is 0 Å². The zero-order valence-corrected chi connectivity index (χ0v) is 26.0. The molecule has 0 saturated carbocycles. The number of hydrogen-bond donors (Lipinski definition) is 3. The molecule has 6 aliphatic heterocycles. The van der Waals surface area contributed by atoms with Crippen molar-refractivity contribution in [2.45, 2.75) is 38.5 Å². The SMILES string of the molecule is c1cc(N2CCC3(CCNC3)C2)on1.c1cc(N2CCC3(CCNC3)C2)sn1.c1ncc(N2CCC3(CCNC3)C2)cn1. The molecule has 3 unspecified atom stereocenters. The summed E-state index contributed by atoms with van der Waals surface area (Å²) in [6, 6.07) is 4.08. The first-order valence-electron chi connectivity index (χ1n) is 16.1. The summed E-state index contributed by atoms with van der Waals surface area (Å²) in [7, 11) is 0. The summed E-state index contributed by atoms with van der Waals surface area (Å²) in [6.45, 7) is 14.1. The number of nitrogens with one attached hydrogen (secondary N) is 3. The summed E-state index contributed by atoms with van der Waals surface area (Å²) < 4.78 is 9.34. The van der Waals surface area contributed by atoms with Crippen molar-refractivity contribution in [1.82, 2.24) is 35.4 Å². The molecule has 9 heterocycles. The molecule has 232 valence electrons. The van der Waals surface area contributed by atoms with Crippen molar-refractivity contribution in [3.63, 3.8) is 0 Å². The minimum atomic E-state index is 0.507. The van der Waals surface area contributed by atoms with E-state index in [1.807, 2.05) is 24.7 Å². The van der Waals surface area contributed by atoms with Crippen molar-refractivity contribution in [2.75, 3.05) is 93.2 Å². The highest BCUT2D eigenvalue weighted by Gasteiger charge is 2.42. The molecule has 9 rings (SSSR count). The van der Waals surface area contributed by atoms with Crippen LogP contribution in [-0.4, -0.2) is 98.0 Å². The van der Waals surface area contributed by atoms with E-state index in [-0.39, 0.29) is 0 Å². The van der Waals surface area contributed by atoms with Gasteiger partial charge in [0.2, 0.25) is 5.88 Å². The smallest absolute Gasteiger partial charge is 0.227 e. The number of rotatable bonds is 3. The van der Waals surface area contributed by atoms with E-state index in [2.05, 4.69) is 56.2 Å². The lowest BCUT2D eigenvalue weighted by Gasteiger charge is -2.23. The minimum Gasteiger partial charge on any atom is -0.368 e. The van der Waals surface area contributed by atoms with Gasteiger partial charge >= 0.3 is 0 Å². The van der Waals surface area contributed by atoms with E-state index in [0.717, 1.165) is 38.6 Å². The maximum atomic E-state index is 5.18. The Labute approximate surface area is 259 Å². The molecular weight excluding hydrogens is 560 g/mol. The van der Waals surface area contributed by atoms with Crippen LogP contribution in [0.4, 0.5) is 16.6 Å². The molecule has 0 aromatic carbocycles. The third kappa shape index (κ3) is 6.52. The van der Waals surface area contributed by atoms with Crippen LogP contribution < -0.4 is 30.7 Å². The van der Waals surface area contributed by atoms with Crippen molar-refractivity contribution >= 4 is 28.1 Å². The van der Waals surface area contributed by atoms with Gasteiger partial charge in [0.25, 0.3) is 0 Å². The van der Waals surface area contributed by atoms with Crippen LogP contribution in [0.2, 0.25) is 0 Å². The Kier molecular flexibility index (Phi) is 8.53. The van der Waals surface area contributed by atoms with E-state index in [0.29, 0.717) is 16.2 Å². The predicted molar refractivity (Wildman–Crippen MR) is 171 cm³/mol. The van der Waals surface area contributed by atoms with E-state index in [9.17, 15) is 0 Å². The van der Waals surface area contributed by atoms with Crippen molar-refractivity contribution < 1.29 is 4.52 Å². The molecule has 6 fully saturated rings. The Balaban J connectivity index is 0.000000105. The molecule has 0 amide bonds. The molecule has 6 aliphatic rings. The zero-order valence-electron chi connectivity index (χ0n) is 25.2. The standard InChI is InChI=1S/C11H16N4.C10H15N3O.C10H15N3S/c1-3-12-7-11(1)2-4-15(8-11)10-5-13-9-14-6-10;2*1-4-12-14-9(1)13-6-3-10(8-13)2-5-11-7-10/h5-6,9,12H,1-4,7-8H2;2*1,4,11H,2-3,5-8H2. The van der Waals surface area contributed by atoms with Crippen LogP contribution >= 0.6 is 11.5 Å². The first-order chi connectivity index (χ1) is 21.1. The maximum Gasteiger partial charge on any atom is 0.227 e. The minimum absolute atomic E-state index is 0.507. The lowest BCUT2D eigenvalue weighted by atomic mass is 9.86. The molecule has 3 N–H and O–H groups in total. The molecular formula is C31H46N10OS. The quantitative estimate of drug-likeness (QED) is 0.409. The summed E-state index contributed by atoms with van der Waals surface area (Å²) in [4.78, 5) is 15.4.